The molecule has 2 N–H and O–H groups in total. The van der Waals surface area contributed by atoms with Crippen molar-refractivity contribution in [1.82, 2.24) is 24.5 Å². The molecule has 5 rings (SSSR count). The smallest absolute Gasteiger partial charge is 0.219 e. The Bertz CT molecular complexity index is 1210. The van der Waals surface area contributed by atoms with E-state index in [0.29, 0.717) is 11.7 Å². The van der Waals surface area contributed by atoms with E-state index in [4.69, 9.17) is 10.7 Å². The molecule has 3 aromatic rings. The topological polar surface area (TPSA) is 89.4 Å². The molecule has 1 aliphatic carbocycles. The summed E-state index contributed by atoms with van der Waals surface area (Å²) < 4.78 is 2.52. The number of hydrogen-bond acceptors (Lipinski definition) is 5. The van der Waals surface area contributed by atoms with Crippen molar-refractivity contribution in [3.63, 3.8) is 0 Å². The second-order valence-electron chi connectivity index (χ2n) is 8.75. The molecule has 0 saturated carbocycles. The number of hydrogen-bond donors (Lipinski definition) is 1. The maximum atomic E-state index is 11.6. The molecular weight excluding hydrogens is 468 g/mol. The normalized spacial score (nSPS) is 16.5. The molecule has 4 heterocycles. The molecule has 1 aliphatic heterocycles. The summed E-state index contributed by atoms with van der Waals surface area (Å²) in [7, 11) is 0. The Morgan fingerprint density at radius 1 is 1.28 bits per heavy atom. The Morgan fingerprint density at radius 3 is 2.88 bits per heavy atom. The van der Waals surface area contributed by atoms with Crippen molar-refractivity contribution in [2.24, 2.45) is 5.92 Å². The minimum Gasteiger partial charge on any atom is -0.383 e. The van der Waals surface area contributed by atoms with Gasteiger partial charge in [-0.05, 0) is 78.1 Å². The highest BCUT2D eigenvalue weighted by atomic mass is 79.9. The average Bonchev–Trinajstić information content (AvgIpc) is 3.24. The standard InChI is InChI=1S/C24H27BrN6O/c1-15(32)30-10-8-16(9-11-30)6-7-21-22(25)23(26)31-24(29-21)19(14-28-31)18-12-17-4-2-3-5-20(17)27-13-18/h3,5,12-14,16H,2,4,6-11,26H2,1H3. The van der Waals surface area contributed by atoms with Crippen molar-refractivity contribution >= 4 is 39.4 Å². The first-order chi connectivity index (χ1) is 15.5. The first-order valence-electron chi connectivity index (χ1n) is 11.2. The first kappa shape index (κ1) is 21.1. The largest absolute Gasteiger partial charge is 0.383 e. The quantitative estimate of drug-likeness (QED) is 0.584. The number of carbonyl (C=O) groups is 1. The van der Waals surface area contributed by atoms with E-state index in [1.807, 2.05) is 17.3 Å². The highest BCUT2D eigenvalue weighted by Gasteiger charge is 2.22. The van der Waals surface area contributed by atoms with Crippen molar-refractivity contribution in [1.29, 1.82) is 0 Å². The molecule has 1 fully saturated rings. The van der Waals surface area contributed by atoms with E-state index in [1.54, 1.807) is 11.4 Å². The summed E-state index contributed by atoms with van der Waals surface area (Å²) >= 11 is 3.65. The van der Waals surface area contributed by atoms with E-state index < -0.39 is 0 Å². The lowest BCUT2D eigenvalue weighted by Crippen LogP contribution is -2.37. The van der Waals surface area contributed by atoms with Gasteiger partial charge in [-0.25, -0.2) is 4.98 Å². The predicted octanol–water partition coefficient (Wildman–Crippen LogP) is 4.29. The summed E-state index contributed by atoms with van der Waals surface area (Å²) in [4.78, 5) is 23.1. The van der Waals surface area contributed by atoms with Gasteiger partial charge in [0.05, 0.1) is 22.1 Å². The molecule has 2 aliphatic rings. The number of anilines is 1. The summed E-state index contributed by atoms with van der Waals surface area (Å²) in [5.74, 6) is 1.34. The number of aromatic nitrogens is 4. The van der Waals surface area contributed by atoms with Gasteiger partial charge in [0.1, 0.15) is 5.82 Å². The number of nitrogens with two attached hydrogens (primary N) is 1. The number of pyridine rings is 1. The molecule has 7 nitrogen and oxygen atoms in total. The summed E-state index contributed by atoms with van der Waals surface area (Å²) in [6.07, 6.45) is 14.0. The lowest BCUT2D eigenvalue weighted by molar-refractivity contribution is -0.130. The van der Waals surface area contributed by atoms with Crippen LogP contribution >= 0.6 is 15.9 Å². The molecule has 32 heavy (non-hydrogen) atoms. The van der Waals surface area contributed by atoms with Crippen molar-refractivity contribution in [2.75, 3.05) is 18.8 Å². The minimum atomic E-state index is 0.173. The zero-order valence-corrected chi connectivity index (χ0v) is 19.8. The van der Waals surface area contributed by atoms with Gasteiger partial charge in [-0.3, -0.25) is 9.78 Å². The van der Waals surface area contributed by atoms with Gasteiger partial charge >= 0.3 is 0 Å². The van der Waals surface area contributed by atoms with Crippen LogP contribution in [0.5, 0.6) is 0 Å². The van der Waals surface area contributed by atoms with Gasteiger partial charge in [0, 0.05) is 37.3 Å². The first-order valence-corrected chi connectivity index (χ1v) is 12.0. The number of likely N-dealkylation sites (tertiary alicyclic amines) is 1. The minimum absolute atomic E-state index is 0.173. The Balaban J connectivity index is 1.41. The lowest BCUT2D eigenvalue weighted by Gasteiger charge is -2.31. The zero-order valence-electron chi connectivity index (χ0n) is 18.2. The summed E-state index contributed by atoms with van der Waals surface area (Å²) in [5.41, 5.74) is 12.4. The second-order valence-corrected chi connectivity index (χ2v) is 9.54. The molecular formula is C24H27BrN6O. The monoisotopic (exact) mass is 494 g/mol. The fourth-order valence-electron chi connectivity index (χ4n) is 4.74. The van der Waals surface area contributed by atoms with Crippen LogP contribution < -0.4 is 5.73 Å². The number of nitrogens with zero attached hydrogens (tertiary/aromatic N) is 5. The molecule has 8 heteroatoms. The van der Waals surface area contributed by atoms with Crippen LogP contribution in [0.1, 0.15) is 49.6 Å². The van der Waals surface area contributed by atoms with Crippen LogP contribution in [0.2, 0.25) is 0 Å². The summed E-state index contributed by atoms with van der Waals surface area (Å²) in [6, 6.07) is 2.20. The number of piperidine rings is 1. The molecule has 0 unspecified atom stereocenters. The number of aryl methyl sites for hydroxylation is 2. The van der Waals surface area contributed by atoms with Crippen molar-refractivity contribution in [3.05, 3.63) is 46.0 Å². The van der Waals surface area contributed by atoms with Crippen molar-refractivity contribution in [3.8, 4) is 11.1 Å². The summed E-state index contributed by atoms with van der Waals surface area (Å²) in [5, 5.41) is 4.50. The molecule has 0 atom stereocenters. The van der Waals surface area contributed by atoms with E-state index >= 15 is 0 Å². The molecule has 166 valence electrons. The van der Waals surface area contributed by atoms with Crippen molar-refractivity contribution in [2.45, 2.75) is 45.4 Å². The molecule has 3 aromatic heterocycles. The average molecular weight is 495 g/mol. The fraction of sp³-hybridized carbons (Fsp3) is 0.417. The van der Waals surface area contributed by atoms with Gasteiger partial charge in [-0.1, -0.05) is 6.08 Å². The number of fused-ring (bicyclic) bond motifs is 2. The zero-order chi connectivity index (χ0) is 22.2. The molecule has 0 aromatic carbocycles. The maximum absolute atomic E-state index is 11.6. The van der Waals surface area contributed by atoms with Crippen LogP contribution in [-0.4, -0.2) is 43.5 Å². The Hall–Kier alpha value is -2.74. The van der Waals surface area contributed by atoms with Gasteiger partial charge in [0.25, 0.3) is 0 Å². The van der Waals surface area contributed by atoms with Crippen LogP contribution in [-0.2, 0) is 17.6 Å². The number of allylic oxidation sites excluding steroid dienone is 1. The van der Waals surface area contributed by atoms with Gasteiger partial charge in [-0.2, -0.15) is 9.61 Å². The van der Waals surface area contributed by atoms with Crippen LogP contribution in [0.15, 0.2) is 29.0 Å². The Morgan fingerprint density at radius 2 is 2.09 bits per heavy atom. The second kappa shape index (κ2) is 8.65. The van der Waals surface area contributed by atoms with E-state index in [0.717, 1.165) is 84.2 Å². The number of halogens is 1. The van der Waals surface area contributed by atoms with Gasteiger partial charge < -0.3 is 10.6 Å². The third kappa shape index (κ3) is 3.92. The lowest BCUT2D eigenvalue weighted by atomic mass is 9.91. The number of rotatable bonds is 4. The maximum Gasteiger partial charge on any atom is 0.219 e. The molecule has 0 bridgehead atoms. The fourth-order valence-corrected chi connectivity index (χ4v) is 5.20. The Labute approximate surface area is 195 Å². The number of nitrogen functional groups attached to an aromatic ring is 1. The molecule has 1 saturated heterocycles. The van der Waals surface area contributed by atoms with E-state index in [2.05, 4.69) is 44.2 Å². The van der Waals surface area contributed by atoms with E-state index in [1.165, 1.54) is 5.56 Å². The van der Waals surface area contributed by atoms with Gasteiger partial charge in [0.2, 0.25) is 5.91 Å². The van der Waals surface area contributed by atoms with Gasteiger partial charge in [-0.15, -0.1) is 0 Å². The third-order valence-corrected chi connectivity index (χ3v) is 7.57. The van der Waals surface area contributed by atoms with Crippen LogP contribution in [0.4, 0.5) is 5.82 Å². The van der Waals surface area contributed by atoms with E-state index in [-0.39, 0.29) is 5.91 Å². The van der Waals surface area contributed by atoms with Crippen LogP contribution in [0.3, 0.4) is 0 Å². The Kier molecular flexibility index (Phi) is 5.71. The summed E-state index contributed by atoms with van der Waals surface area (Å²) in [6.45, 7) is 3.35. The predicted molar refractivity (Wildman–Crippen MR) is 129 cm³/mol. The molecule has 1 amide bonds. The SMILES string of the molecule is CC(=O)N1CCC(CCc2nc3c(-c4cnc5c(c4)CCC=C5)cnn3c(N)c2Br)CC1. The van der Waals surface area contributed by atoms with Crippen molar-refractivity contribution < 1.29 is 4.79 Å². The van der Waals surface area contributed by atoms with Crippen LogP contribution in [0.25, 0.3) is 22.9 Å². The highest BCUT2D eigenvalue weighted by molar-refractivity contribution is 9.10. The van der Waals surface area contributed by atoms with E-state index in [9.17, 15) is 4.79 Å². The third-order valence-electron chi connectivity index (χ3n) is 6.71. The molecule has 0 radical (unpaired) electrons. The number of amides is 1. The molecule has 0 spiro atoms. The van der Waals surface area contributed by atoms with Crippen LogP contribution in [0, 0.1) is 5.92 Å². The van der Waals surface area contributed by atoms with Gasteiger partial charge in [0.15, 0.2) is 5.65 Å². The number of carbonyl (C=O) groups excluding carboxylic acids is 1. The highest BCUT2D eigenvalue weighted by Crippen LogP contribution is 2.32.